The molecule has 3 rings (SSSR count). The summed E-state index contributed by atoms with van der Waals surface area (Å²) in [6.45, 7) is 5.63. The van der Waals surface area contributed by atoms with Gasteiger partial charge in [-0.3, -0.25) is 9.59 Å². The van der Waals surface area contributed by atoms with Crippen molar-refractivity contribution in [2.75, 3.05) is 13.1 Å². The van der Waals surface area contributed by atoms with Crippen molar-refractivity contribution in [2.45, 2.75) is 52.0 Å². The first-order valence-corrected chi connectivity index (χ1v) is 9.26. The molecule has 1 aromatic carbocycles. The number of hydrogen-bond acceptors (Lipinski definition) is 2. The number of carbonyl (C=O) groups is 2. The minimum absolute atomic E-state index is 0.0227. The fourth-order valence-corrected chi connectivity index (χ4v) is 3.41. The zero-order valence-corrected chi connectivity index (χ0v) is 14.8. The molecule has 1 aliphatic carbocycles. The van der Waals surface area contributed by atoms with Crippen molar-refractivity contribution < 1.29 is 9.59 Å². The molecule has 1 saturated carbocycles. The van der Waals surface area contributed by atoms with Crippen LogP contribution in [0.1, 0.15) is 56.7 Å². The van der Waals surface area contributed by atoms with E-state index in [2.05, 4.69) is 36.5 Å². The number of rotatable bonds is 5. The van der Waals surface area contributed by atoms with Gasteiger partial charge in [0.2, 0.25) is 11.8 Å². The van der Waals surface area contributed by atoms with Gasteiger partial charge in [-0.2, -0.15) is 0 Å². The molecule has 2 amide bonds. The number of benzene rings is 1. The topological polar surface area (TPSA) is 49.4 Å². The van der Waals surface area contributed by atoms with Gasteiger partial charge in [0.05, 0.1) is 6.04 Å². The number of nitrogens with one attached hydrogen (secondary N) is 1. The number of nitrogens with zero attached hydrogens (tertiary/aromatic N) is 1. The lowest BCUT2D eigenvalue weighted by molar-refractivity contribution is -0.136. The highest BCUT2D eigenvalue weighted by atomic mass is 16.2. The lowest BCUT2D eigenvalue weighted by atomic mass is 9.94. The summed E-state index contributed by atoms with van der Waals surface area (Å²) < 4.78 is 0. The Morgan fingerprint density at radius 2 is 1.71 bits per heavy atom. The van der Waals surface area contributed by atoms with Crippen molar-refractivity contribution in [2.24, 2.45) is 11.8 Å². The lowest BCUT2D eigenvalue weighted by Gasteiger charge is -2.32. The molecule has 130 valence electrons. The Morgan fingerprint density at radius 3 is 2.25 bits per heavy atom. The molecule has 2 fully saturated rings. The quantitative estimate of drug-likeness (QED) is 0.903. The van der Waals surface area contributed by atoms with E-state index in [0.717, 1.165) is 50.8 Å². The van der Waals surface area contributed by atoms with E-state index in [4.69, 9.17) is 0 Å². The average molecular weight is 328 g/mol. The maximum Gasteiger partial charge on any atom is 0.225 e. The summed E-state index contributed by atoms with van der Waals surface area (Å²) in [5.41, 5.74) is 2.45. The second-order valence-corrected chi connectivity index (χ2v) is 7.20. The van der Waals surface area contributed by atoms with Gasteiger partial charge in [-0.05, 0) is 50.2 Å². The van der Waals surface area contributed by atoms with Crippen LogP contribution in [0.15, 0.2) is 24.3 Å². The van der Waals surface area contributed by atoms with Crippen LogP contribution in [-0.4, -0.2) is 29.8 Å². The van der Waals surface area contributed by atoms with E-state index >= 15 is 0 Å². The fourth-order valence-electron chi connectivity index (χ4n) is 3.41. The standard InChI is InChI=1S/C20H28N2O2/c1-3-15-4-6-16(7-5-15)14(2)21-19(23)17-10-12-22(13-11-17)20(24)18-8-9-18/h4-7,14,17-18H,3,8-13H2,1-2H3,(H,21,23). The third kappa shape index (κ3) is 3.97. The van der Waals surface area contributed by atoms with E-state index in [0.29, 0.717) is 5.91 Å². The highest BCUT2D eigenvalue weighted by Crippen LogP contribution is 2.32. The predicted molar refractivity (Wildman–Crippen MR) is 94.4 cm³/mol. The SMILES string of the molecule is CCc1ccc(C(C)NC(=O)C2CCN(C(=O)C3CC3)CC2)cc1. The molecule has 4 heteroatoms. The first-order valence-electron chi connectivity index (χ1n) is 9.26. The fraction of sp³-hybridized carbons (Fsp3) is 0.600. The maximum atomic E-state index is 12.5. The molecule has 4 nitrogen and oxygen atoms in total. The van der Waals surface area contributed by atoms with Crippen molar-refractivity contribution in [3.05, 3.63) is 35.4 Å². The van der Waals surface area contributed by atoms with Crippen molar-refractivity contribution in [3.63, 3.8) is 0 Å². The molecule has 24 heavy (non-hydrogen) atoms. The summed E-state index contributed by atoms with van der Waals surface area (Å²) >= 11 is 0. The van der Waals surface area contributed by atoms with Gasteiger partial charge in [0, 0.05) is 24.9 Å². The van der Waals surface area contributed by atoms with Gasteiger partial charge in [0.25, 0.3) is 0 Å². The van der Waals surface area contributed by atoms with Crippen LogP contribution in [0.3, 0.4) is 0 Å². The van der Waals surface area contributed by atoms with Gasteiger partial charge in [0.1, 0.15) is 0 Å². The van der Waals surface area contributed by atoms with Gasteiger partial charge >= 0.3 is 0 Å². The summed E-state index contributed by atoms with van der Waals surface area (Å²) in [6, 6.07) is 8.47. The zero-order valence-electron chi connectivity index (χ0n) is 14.8. The number of aryl methyl sites for hydroxylation is 1. The number of carbonyl (C=O) groups excluding carboxylic acids is 2. The van der Waals surface area contributed by atoms with E-state index in [1.165, 1.54) is 5.56 Å². The Kier molecular flexibility index (Phi) is 5.22. The summed E-state index contributed by atoms with van der Waals surface area (Å²) in [5.74, 6) is 0.742. The predicted octanol–water partition coefficient (Wildman–Crippen LogP) is 3.07. The Hall–Kier alpha value is -1.84. The van der Waals surface area contributed by atoms with E-state index < -0.39 is 0 Å². The highest BCUT2D eigenvalue weighted by molar-refractivity contribution is 5.82. The van der Waals surface area contributed by atoms with Gasteiger partial charge in [-0.15, -0.1) is 0 Å². The molecule has 2 aliphatic rings. The third-order valence-electron chi connectivity index (χ3n) is 5.35. The summed E-state index contributed by atoms with van der Waals surface area (Å²) in [4.78, 5) is 26.5. The third-order valence-corrected chi connectivity index (χ3v) is 5.35. The lowest BCUT2D eigenvalue weighted by Crippen LogP contribution is -2.44. The minimum Gasteiger partial charge on any atom is -0.349 e. The molecule has 1 N–H and O–H groups in total. The van der Waals surface area contributed by atoms with Crippen LogP contribution >= 0.6 is 0 Å². The first-order chi connectivity index (χ1) is 11.6. The molecule has 0 spiro atoms. The number of likely N-dealkylation sites (tertiary alicyclic amines) is 1. The average Bonchev–Trinajstić information content (AvgIpc) is 3.46. The molecule has 0 bridgehead atoms. The number of amides is 2. The molecule has 1 aromatic rings. The summed E-state index contributed by atoms with van der Waals surface area (Å²) in [7, 11) is 0. The van der Waals surface area contributed by atoms with Crippen LogP contribution in [0.5, 0.6) is 0 Å². The number of hydrogen-bond donors (Lipinski definition) is 1. The van der Waals surface area contributed by atoms with Gasteiger partial charge in [-0.25, -0.2) is 0 Å². The summed E-state index contributed by atoms with van der Waals surface area (Å²) in [6.07, 6.45) is 4.69. The van der Waals surface area contributed by atoms with Crippen LogP contribution in [0.4, 0.5) is 0 Å². The van der Waals surface area contributed by atoms with E-state index in [-0.39, 0.29) is 23.8 Å². The molecule has 1 saturated heterocycles. The van der Waals surface area contributed by atoms with Crippen LogP contribution in [-0.2, 0) is 16.0 Å². The molecule has 0 radical (unpaired) electrons. The molecule has 0 aromatic heterocycles. The molecular formula is C20H28N2O2. The molecule has 1 atom stereocenters. The molecule has 1 aliphatic heterocycles. The van der Waals surface area contributed by atoms with Gasteiger partial charge in [0.15, 0.2) is 0 Å². The smallest absolute Gasteiger partial charge is 0.225 e. The van der Waals surface area contributed by atoms with Crippen molar-refractivity contribution in [3.8, 4) is 0 Å². The van der Waals surface area contributed by atoms with Crippen molar-refractivity contribution in [1.82, 2.24) is 10.2 Å². The molecule has 1 heterocycles. The maximum absolute atomic E-state index is 12.5. The Balaban J connectivity index is 1.48. The van der Waals surface area contributed by atoms with Crippen molar-refractivity contribution in [1.29, 1.82) is 0 Å². The highest BCUT2D eigenvalue weighted by Gasteiger charge is 2.36. The molecular weight excluding hydrogens is 300 g/mol. The molecule has 1 unspecified atom stereocenters. The normalized spacial score (nSPS) is 19.8. The largest absolute Gasteiger partial charge is 0.349 e. The Labute approximate surface area is 144 Å². The summed E-state index contributed by atoms with van der Waals surface area (Å²) in [5, 5.41) is 3.14. The second-order valence-electron chi connectivity index (χ2n) is 7.20. The van der Waals surface area contributed by atoms with Crippen LogP contribution in [0.25, 0.3) is 0 Å². The van der Waals surface area contributed by atoms with E-state index in [1.807, 2.05) is 11.8 Å². The van der Waals surface area contributed by atoms with Crippen LogP contribution < -0.4 is 5.32 Å². The minimum atomic E-state index is 0.0227. The van der Waals surface area contributed by atoms with Crippen molar-refractivity contribution >= 4 is 11.8 Å². The van der Waals surface area contributed by atoms with Gasteiger partial charge in [-0.1, -0.05) is 31.2 Å². The van der Waals surface area contributed by atoms with Crippen LogP contribution in [0.2, 0.25) is 0 Å². The Morgan fingerprint density at radius 1 is 1.08 bits per heavy atom. The van der Waals surface area contributed by atoms with Gasteiger partial charge < -0.3 is 10.2 Å². The zero-order chi connectivity index (χ0) is 17.1. The Bertz CT molecular complexity index is 584. The van der Waals surface area contributed by atoms with E-state index in [1.54, 1.807) is 0 Å². The first kappa shape index (κ1) is 17.0. The monoisotopic (exact) mass is 328 g/mol. The van der Waals surface area contributed by atoms with E-state index in [9.17, 15) is 9.59 Å². The number of piperidine rings is 1. The second kappa shape index (κ2) is 7.37. The van der Waals surface area contributed by atoms with Crippen LogP contribution in [0, 0.1) is 11.8 Å².